The molecule has 1 fully saturated rings. The number of halogens is 4. The molecule has 1 aliphatic rings. The van der Waals surface area contributed by atoms with Crippen LogP contribution in [0.15, 0.2) is 54.6 Å². The molecule has 1 aromatic heterocycles. The Labute approximate surface area is 218 Å². The minimum Gasteiger partial charge on any atom is -0.480 e. The quantitative estimate of drug-likeness (QED) is 0.406. The van der Waals surface area contributed by atoms with Crippen LogP contribution in [0.25, 0.3) is 11.3 Å². The number of alkyl halides is 3. The predicted molar refractivity (Wildman–Crippen MR) is 127 cm³/mol. The lowest BCUT2D eigenvalue weighted by atomic mass is 10.0. The molecule has 0 radical (unpaired) electrons. The highest BCUT2D eigenvalue weighted by Crippen LogP contribution is 2.33. The summed E-state index contributed by atoms with van der Waals surface area (Å²) in [6, 6.07) is 10.2. The maximum absolute atomic E-state index is 13.7. The van der Waals surface area contributed by atoms with E-state index in [9.17, 15) is 41.8 Å². The van der Waals surface area contributed by atoms with Gasteiger partial charge in [-0.05, 0) is 29.8 Å². The van der Waals surface area contributed by atoms with Crippen LogP contribution < -0.4 is 5.32 Å². The molecule has 4 rings (SSSR count). The summed E-state index contributed by atoms with van der Waals surface area (Å²) in [5, 5.41) is 18.7. The van der Waals surface area contributed by atoms with E-state index in [-0.39, 0.29) is 12.2 Å². The Morgan fingerprint density at radius 3 is 2.44 bits per heavy atom. The summed E-state index contributed by atoms with van der Waals surface area (Å²) in [5.41, 5.74) is -1.07. The summed E-state index contributed by atoms with van der Waals surface area (Å²) in [5.74, 6) is -5.35. The number of carbonyl (C=O) groups is 4. The number of amides is 3. The van der Waals surface area contributed by atoms with Gasteiger partial charge in [0.05, 0.1) is 29.9 Å². The number of hydrogen-bond donors (Lipinski definition) is 3. The van der Waals surface area contributed by atoms with Gasteiger partial charge in [-0.1, -0.05) is 30.3 Å². The van der Waals surface area contributed by atoms with E-state index in [1.165, 1.54) is 6.07 Å². The van der Waals surface area contributed by atoms with Gasteiger partial charge in [0.25, 0.3) is 11.8 Å². The third-order valence-corrected chi connectivity index (χ3v) is 6.09. The van der Waals surface area contributed by atoms with E-state index in [2.05, 4.69) is 15.5 Å². The standard InChI is InChI=1S/C25H21F4N5O5/c26-15-6-7-17(25(27,28)29)16(10-15)23(37)34-9-8-33(13-20(34)24(38)39)21(35)12-30-22(36)19-11-18(31-32-19)14-4-2-1-3-5-14/h1-7,10-11,20H,8-9,12-13H2,(H,30,36)(H,31,32)(H,38,39). The summed E-state index contributed by atoms with van der Waals surface area (Å²) < 4.78 is 53.9. The zero-order chi connectivity index (χ0) is 28.3. The third-order valence-electron chi connectivity index (χ3n) is 6.09. The van der Waals surface area contributed by atoms with Gasteiger partial charge in [-0.3, -0.25) is 19.5 Å². The van der Waals surface area contributed by atoms with Crippen LogP contribution >= 0.6 is 0 Å². The van der Waals surface area contributed by atoms with Gasteiger partial charge in [0.15, 0.2) is 5.69 Å². The van der Waals surface area contributed by atoms with Crippen LogP contribution in [0, 0.1) is 5.82 Å². The van der Waals surface area contributed by atoms with E-state index < -0.39 is 72.5 Å². The molecule has 14 heteroatoms. The Bertz CT molecular complexity index is 1410. The van der Waals surface area contributed by atoms with Gasteiger partial charge in [0.1, 0.15) is 11.9 Å². The number of H-pyrrole nitrogens is 1. The number of aromatic amines is 1. The minimum absolute atomic E-state index is 0.0102. The number of rotatable bonds is 6. The lowest BCUT2D eigenvalue weighted by molar-refractivity contribution is -0.146. The fourth-order valence-corrected chi connectivity index (χ4v) is 4.12. The SMILES string of the molecule is O=C(NCC(=O)N1CCN(C(=O)c2cc(F)ccc2C(F)(F)F)C(C(=O)O)C1)c1cc(-c2ccccc2)[nH]n1. The van der Waals surface area contributed by atoms with Crippen LogP contribution in [0.1, 0.15) is 26.4 Å². The number of carbonyl (C=O) groups excluding carboxylic acids is 3. The van der Waals surface area contributed by atoms with Crippen molar-refractivity contribution in [2.24, 2.45) is 0 Å². The number of nitrogens with zero attached hydrogens (tertiary/aromatic N) is 3. The molecule has 1 saturated heterocycles. The summed E-state index contributed by atoms with van der Waals surface area (Å²) in [6.07, 6.45) is -4.98. The first-order chi connectivity index (χ1) is 18.5. The molecule has 204 valence electrons. The lowest BCUT2D eigenvalue weighted by Gasteiger charge is -2.39. The largest absolute Gasteiger partial charge is 0.480 e. The van der Waals surface area contributed by atoms with E-state index >= 15 is 0 Å². The molecular formula is C25H21F4N5O5. The average molecular weight is 547 g/mol. The number of carboxylic acids is 1. The van der Waals surface area contributed by atoms with E-state index in [1.54, 1.807) is 24.3 Å². The minimum atomic E-state index is -4.98. The molecule has 1 aliphatic heterocycles. The maximum Gasteiger partial charge on any atom is 0.417 e. The van der Waals surface area contributed by atoms with Gasteiger partial charge in [0, 0.05) is 13.1 Å². The van der Waals surface area contributed by atoms with Crippen molar-refractivity contribution in [1.82, 2.24) is 25.3 Å². The van der Waals surface area contributed by atoms with Gasteiger partial charge in [-0.15, -0.1) is 0 Å². The second-order valence-electron chi connectivity index (χ2n) is 8.60. The fraction of sp³-hybridized carbons (Fsp3) is 0.240. The first-order valence-electron chi connectivity index (χ1n) is 11.5. The fourth-order valence-electron chi connectivity index (χ4n) is 4.12. The monoisotopic (exact) mass is 547 g/mol. The smallest absolute Gasteiger partial charge is 0.417 e. The molecule has 3 N–H and O–H groups in total. The van der Waals surface area contributed by atoms with Crippen molar-refractivity contribution in [2.75, 3.05) is 26.2 Å². The van der Waals surface area contributed by atoms with Gasteiger partial charge in [0.2, 0.25) is 5.91 Å². The van der Waals surface area contributed by atoms with Gasteiger partial charge in [-0.25, -0.2) is 9.18 Å². The topological polar surface area (TPSA) is 136 Å². The molecule has 3 amide bonds. The Morgan fingerprint density at radius 1 is 1.05 bits per heavy atom. The summed E-state index contributed by atoms with van der Waals surface area (Å²) in [7, 11) is 0. The molecule has 10 nitrogen and oxygen atoms in total. The summed E-state index contributed by atoms with van der Waals surface area (Å²) in [6.45, 7) is -1.72. The van der Waals surface area contributed by atoms with Gasteiger partial charge in [-0.2, -0.15) is 18.3 Å². The van der Waals surface area contributed by atoms with E-state index in [4.69, 9.17) is 0 Å². The summed E-state index contributed by atoms with van der Waals surface area (Å²) in [4.78, 5) is 51.7. The number of piperazine rings is 1. The second kappa shape index (κ2) is 10.9. The highest BCUT2D eigenvalue weighted by molar-refractivity contribution is 5.99. The van der Waals surface area contributed by atoms with Crippen LogP contribution in [0.5, 0.6) is 0 Å². The number of hydrogen-bond acceptors (Lipinski definition) is 5. The van der Waals surface area contributed by atoms with Crippen molar-refractivity contribution in [1.29, 1.82) is 0 Å². The van der Waals surface area contributed by atoms with Crippen LogP contribution in [0.2, 0.25) is 0 Å². The molecule has 0 bridgehead atoms. The molecule has 2 heterocycles. The van der Waals surface area contributed by atoms with Crippen LogP contribution in [-0.2, 0) is 15.8 Å². The van der Waals surface area contributed by atoms with E-state index in [1.807, 2.05) is 6.07 Å². The number of aromatic nitrogens is 2. The van der Waals surface area contributed by atoms with Crippen molar-refractivity contribution in [3.8, 4) is 11.3 Å². The van der Waals surface area contributed by atoms with Gasteiger partial charge < -0.3 is 20.2 Å². The molecule has 1 unspecified atom stereocenters. The molecular weight excluding hydrogens is 526 g/mol. The van der Waals surface area contributed by atoms with Crippen LogP contribution in [0.3, 0.4) is 0 Å². The first-order valence-corrected chi connectivity index (χ1v) is 11.5. The molecule has 0 aliphatic carbocycles. The van der Waals surface area contributed by atoms with Crippen molar-refractivity contribution in [2.45, 2.75) is 12.2 Å². The summed E-state index contributed by atoms with van der Waals surface area (Å²) >= 11 is 0. The van der Waals surface area contributed by atoms with Crippen molar-refractivity contribution >= 4 is 23.7 Å². The Morgan fingerprint density at radius 2 is 1.77 bits per heavy atom. The molecule has 1 atom stereocenters. The number of aliphatic carboxylic acids is 1. The molecule has 0 spiro atoms. The Kier molecular flexibility index (Phi) is 7.65. The highest BCUT2D eigenvalue weighted by Gasteiger charge is 2.41. The molecule has 39 heavy (non-hydrogen) atoms. The van der Waals surface area contributed by atoms with Crippen molar-refractivity contribution in [3.63, 3.8) is 0 Å². The van der Waals surface area contributed by atoms with Crippen LogP contribution in [0.4, 0.5) is 17.6 Å². The Hall–Kier alpha value is -4.75. The lowest BCUT2D eigenvalue weighted by Crippen LogP contribution is -2.60. The number of benzene rings is 2. The second-order valence-corrected chi connectivity index (χ2v) is 8.60. The van der Waals surface area contributed by atoms with Crippen molar-refractivity contribution < 1.29 is 41.8 Å². The normalized spacial score (nSPS) is 15.6. The molecule has 3 aromatic rings. The molecule has 0 saturated carbocycles. The van der Waals surface area contributed by atoms with Crippen LogP contribution in [-0.4, -0.2) is 81.0 Å². The highest BCUT2D eigenvalue weighted by atomic mass is 19.4. The Balaban J connectivity index is 1.41. The average Bonchev–Trinajstić information content (AvgIpc) is 3.41. The zero-order valence-corrected chi connectivity index (χ0v) is 20.0. The van der Waals surface area contributed by atoms with E-state index in [0.717, 1.165) is 10.5 Å². The first kappa shape index (κ1) is 27.3. The molecule has 2 aromatic carbocycles. The maximum atomic E-state index is 13.7. The van der Waals surface area contributed by atoms with Gasteiger partial charge >= 0.3 is 12.1 Å². The zero-order valence-electron chi connectivity index (χ0n) is 20.0. The van der Waals surface area contributed by atoms with Crippen molar-refractivity contribution in [3.05, 3.63) is 77.2 Å². The van der Waals surface area contributed by atoms with E-state index in [0.29, 0.717) is 28.8 Å². The number of nitrogens with one attached hydrogen (secondary N) is 2. The predicted octanol–water partition coefficient (Wildman–Crippen LogP) is 2.40. The number of carboxylic acid groups (broad SMARTS) is 1. The third kappa shape index (κ3) is 6.05.